The molecule has 21 heavy (non-hydrogen) atoms. The summed E-state index contributed by atoms with van der Waals surface area (Å²) in [6, 6.07) is 8.04. The predicted octanol–water partition coefficient (Wildman–Crippen LogP) is 3.00. The van der Waals surface area contributed by atoms with E-state index >= 15 is 0 Å². The average molecular weight is 282 g/mol. The molecule has 108 valence electrons. The zero-order valence-corrected chi connectivity index (χ0v) is 12.4. The van der Waals surface area contributed by atoms with E-state index in [0.29, 0.717) is 12.2 Å². The zero-order valence-electron chi connectivity index (χ0n) is 12.4. The number of nitrogens with zero attached hydrogens (tertiary/aromatic N) is 1. The summed E-state index contributed by atoms with van der Waals surface area (Å²) in [4.78, 5) is 15.5. The van der Waals surface area contributed by atoms with Crippen LogP contribution in [-0.2, 0) is 11.2 Å². The van der Waals surface area contributed by atoms with Gasteiger partial charge in [-0.2, -0.15) is 5.10 Å². The van der Waals surface area contributed by atoms with Crippen LogP contribution in [0.1, 0.15) is 22.5 Å². The lowest BCUT2D eigenvalue weighted by atomic mass is 10.1. The molecule has 2 aromatic heterocycles. The third kappa shape index (κ3) is 2.67. The summed E-state index contributed by atoms with van der Waals surface area (Å²) in [5, 5.41) is 10.8. The fraction of sp³-hybridized carbons (Fsp3) is 0.250. The highest BCUT2D eigenvalue weighted by Gasteiger charge is 2.13. The number of rotatable bonds is 3. The van der Waals surface area contributed by atoms with E-state index in [1.807, 2.05) is 19.9 Å². The molecule has 0 bridgehead atoms. The number of aromatic amines is 2. The van der Waals surface area contributed by atoms with Crippen molar-refractivity contribution >= 4 is 22.6 Å². The minimum atomic E-state index is -0.0630. The number of hydrogen-bond donors (Lipinski definition) is 3. The summed E-state index contributed by atoms with van der Waals surface area (Å²) in [5.74, 6) is 0.498. The molecular weight excluding hydrogens is 264 g/mol. The first kappa shape index (κ1) is 13.4. The number of carbonyl (C=O) groups excluding carboxylic acids is 1. The number of aryl methyl sites for hydroxylation is 3. The second-order valence-corrected chi connectivity index (χ2v) is 5.44. The summed E-state index contributed by atoms with van der Waals surface area (Å²) in [6.45, 7) is 5.95. The molecule has 2 heterocycles. The van der Waals surface area contributed by atoms with Crippen LogP contribution in [0.3, 0.4) is 0 Å². The topological polar surface area (TPSA) is 73.6 Å². The average Bonchev–Trinajstić information content (AvgIpc) is 2.95. The van der Waals surface area contributed by atoms with Crippen molar-refractivity contribution in [3.05, 3.63) is 46.8 Å². The Balaban J connectivity index is 1.85. The van der Waals surface area contributed by atoms with E-state index in [-0.39, 0.29) is 5.91 Å². The molecule has 3 N–H and O–H groups in total. The van der Waals surface area contributed by atoms with Crippen molar-refractivity contribution in [2.24, 2.45) is 0 Å². The molecule has 3 rings (SSSR count). The van der Waals surface area contributed by atoms with Crippen LogP contribution in [0.5, 0.6) is 0 Å². The summed E-state index contributed by atoms with van der Waals surface area (Å²) >= 11 is 0. The monoisotopic (exact) mass is 282 g/mol. The maximum atomic E-state index is 12.2. The second kappa shape index (κ2) is 5.09. The van der Waals surface area contributed by atoms with Gasteiger partial charge in [0.15, 0.2) is 5.82 Å². The van der Waals surface area contributed by atoms with Gasteiger partial charge in [-0.1, -0.05) is 11.6 Å². The minimum absolute atomic E-state index is 0.0630. The van der Waals surface area contributed by atoms with Crippen molar-refractivity contribution in [2.45, 2.75) is 27.2 Å². The van der Waals surface area contributed by atoms with Gasteiger partial charge in [-0.15, -0.1) is 0 Å². The second-order valence-electron chi connectivity index (χ2n) is 5.44. The van der Waals surface area contributed by atoms with Gasteiger partial charge in [0.25, 0.3) is 0 Å². The van der Waals surface area contributed by atoms with E-state index in [1.54, 1.807) is 0 Å². The van der Waals surface area contributed by atoms with Crippen molar-refractivity contribution in [1.29, 1.82) is 0 Å². The molecule has 0 fully saturated rings. The molecule has 0 aliphatic heterocycles. The van der Waals surface area contributed by atoms with Gasteiger partial charge in [-0.3, -0.25) is 9.89 Å². The molecule has 0 spiro atoms. The van der Waals surface area contributed by atoms with Crippen LogP contribution in [-0.4, -0.2) is 21.1 Å². The normalized spacial score (nSPS) is 11.0. The van der Waals surface area contributed by atoms with Crippen LogP contribution in [0.25, 0.3) is 10.9 Å². The molecule has 3 aromatic rings. The standard InChI is InChI=1S/C16H18N4O/c1-9-4-5-14-13(6-9)12(11(3)17-14)8-16(21)18-15-7-10(2)19-20-15/h4-7,17H,8H2,1-3H3,(H2,18,19,20,21). The quantitative estimate of drug-likeness (QED) is 0.691. The van der Waals surface area contributed by atoms with Gasteiger partial charge in [0, 0.05) is 28.4 Å². The highest BCUT2D eigenvalue weighted by Crippen LogP contribution is 2.24. The van der Waals surface area contributed by atoms with Crippen molar-refractivity contribution in [2.75, 3.05) is 5.32 Å². The van der Waals surface area contributed by atoms with Crippen LogP contribution >= 0.6 is 0 Å². The molecule has 0 saturated carbocycles. The van der Waals surface area contributed by atoms with E-state index in [4.69, 9.17) is 0 Å². The number of benzene rings is 1. The number of amides is 1. The Morgan fingerprint density at radius 2 is 2.05 bits per heavy atom. The SMILES string of the molecule is Cc1ccc2[nH]c(C)c(CC(=O)Nc3cc(C)[nH]n3)c2c1. The van der Waals surface area contributed by atoms with Crippen molar-refractivity contribution in [3.63, 3.8) is 0 Å². The van der Waals surface area contributed by atoms with Crippen LogP contribution in [0.4, 0.5) is 5.82 Å². The molecule has 0 saturated heterocycles. The number of carbonyl (C=O) groups is 1. The van der Waals surface area contributed by atoms with Gasteiger partial charge < -0.3 is 10.3 Å². The van der Waals surface area contributed by atoms with E-state index in [9.17, 15) is 4.79 Å². The van der Waals surface area contributed by atoms with Gasteiger partial charge >= 0.3 is 0 Å². The highest BCUT2D eigenvalue weighted by molar-refractivity contribution is 5.96. The molecule has 5 nitrogen and oxygen atoms in total. The third-order valence-electron chi connectivity index (χ3n) is 3.59. The van der Waals surface area contributed by atoms with E-state index in [0.717, 1.165) is 27.9 Å². The van der Waals surface area contributed by atoms with Crippen LogP contribution in [0, 0.1) is 20.8 Å². The molecule has 0 aliphatic carbocycles. The van der Waals surface area contributed by atoms with Crippen molar-refractivity contribution in [3.8, 4) is 0 Å². The number of H-pyrrole nitrogens is 2. The molecule has 0 radical (unpaired) electrons. The summed E-state index contributed by atoms with van der Waals surface area (Å²) < 4.78 is 0. The number of anilines is 1. The number of fused-ring (bicyclic) bond motifs is 1. The molecule has 1 aromatic carbocycles. The lowest BCUT2D eigenvalue weighted by Gasteiger charge is -2.03. The van der Waals surface area contributed by atoms with Gasteiger partial charge in [0.2, 0.25) is 5.91 Å². The third-order valence-corrected chi connectivity index (χ3v) is 3.59. The van der Waals surface area contributed by atoms with E-state index < -0.39 is 0 Å². The van der Waals surface area contributed by atoms with Gasteiger partial charge in [0.1, 0.15) is 0 Å². The smallest absolute Gasteiger partial charge is 0.230 e. The Labute approximate surface area is 122 Å². The number of hydrogen-bond acceptors (Lipinski definition) is 2. The first-order valence-electron chi connectivity index (χ1n) is 6.92. The zero-order chi connectivity index (χ0) is 15.0. The maximum Gasteiger partial charge on any atom is 0.230 e. The first-order valence-corrected chi connectivity index (χ1v) is 6.92. The molecule has 0 aliphatic rings. The maximum absolute atomic E-state index is 12.2. The largest absolute Gasteiger partial charge is 0.358 e. The van der Waals surface area contributed by atoms with E-state index in [1.165, 1.54) is 5.56 Å². The van der Waals surface area contributed by atoms with Gasteiger partial charge in [-0.25, -0.2) is 0 Å². The Hall–Kier alpha value is -2.56. The van der Waals surface area contributed by atoms with Gasteiger partial charge in [-0.05, 0) is 38.5 Å². The van der Waals surface area contributed by atoms with E-state index in [2.05, 4.69) is 45.6 Å². The lowest BCUT2D eigenvalue weighted by Crippen LogP contribution is -2.15. The Bertz CT molecular complexity index is 813. The van der Waals surface area contributed by atoms with Crippen LogP contribution in [0.2, 0.25) is 0 Å². The van der Waals surface area contributed by atoms with Gasteiger partial charge in [0.05, 0.1) is 6.42 Å². The molecule has 5 heteroatoms. The summed E-state index contributed by atoms with van der Waals surface area (Å²) in [7, 11) is 0. The Morgan fingerprint density at radius 1 is 1.24 bits per heavy atom. The first-order chi connectivity index (χ1) is 10.0. The summed E-state index contributed by atoms with van der Waals surface area (Å²) in [6.07, 6.45) is 0.335. The molecule has 0 unspecified atom stereocenters. The molecular formula is C16H18N4O. The fourth-order valence-corrected chi connectivity index (χ4v) is 2.55. The van der Waals surface area contributed by atoms with Crippen LogP contribution < -0.4 is 5.32 Å². The number of nitrogens with one attached hydrogen (secondary N) is 3. The number of aromatic nitrogens is 3. The highest BCUT2D eigenvalue weighted by atomic mass is 16.1. The lowest BCUT2D eigenvalue weighted by molar-refractivity contribution is -0.115. The van der Waals surface area contributed by atoms with Crippen molar-refractivity contribution in [1.82, 2.24) is 15.2 Å². The Kier molecular flexibility index (Phi) is 3.25. The van der Waals surface area contributed by atoms with Crippen molar-refractivity contribution < 1.29 is 4.79 Å². The molecule has 1 amide bonds. The predicted molar refractivity (Wildman–Crippen MR) is 83.4 cm³/mol. The Morgan fingerprint density at radius 3 is 2.76 bits per heavy atom. The summed E-state index contributed by atoms with van der Waals surface area (Å²) in [5.41, 5.74) is 5.24. The van der Waals surface area contributed by atoms with Crippen LogP contribution in [0.15, 0.2) is 24.3 Å². The minimum Gasteiger partial charge on any atom is -0.358 e. The molecule has 0 atom stereocenters. The fourth-order valence-electron chi connectivity index (χ4n) is 2.55.